The van der Waals surface area contributed by atoms with E-state index in [0.717, 1.165) is 35.4 Å². The third-order valence-electron chi connectivity index (χ3n) is 6.72. The molecule has 0 saturated carbocycles. The topological polar surface area (TPSA) is 56.8 Å². The Hall–Kier alpha value is -2.84. The van der Waals surface area contributed by atoms with Gasteiger partial charge in [-0.2, -0.15) is 0 Å². The van der Waals surface area contributed by atoms with E-state index in [2.05, 4.69) is 44.7 Å². The minimum Gasteiger partial charge on any atom is -0.312 e. The number of likely N-dealkylation sites (N-methyl/N-ethyl adjacent to an activating group) is 1. The van der Waals surface area contributed by atoms with Crippen molar-refractivity contribution in [3.63, 3.8) is 0 Å². The highest BCUT2D eigenvalue weighted by Gasteiger charge is 2.38. The summed E-state index contributed by atoms with van der Waals surface area (Å²) in [4.78, 5) is 37.0. The van der Waals surface area contributed by atoms with Crippen molar-refractivity contribution in [1.29, 1.82) is 0 Å². The predicted molar refractivity (Wildman–Crippen MR) is 136 cm³/mol. The van der Waals surface area contributed by atoms with Crippen molar-refractivity contribution in [2.24, 2.45) is 5.92 Å². The van der Waals surface area contributed by atoms with Crippen molar-refractivity contribution in [2.75, 3.05) is 42.5 Å². The maximum atomic E-state index is 13.8. The normalized spacial score (nSPS) is 16.1. The molecule has 1 aliphatic rings. The van der Waals surface area contributed by atoms with Gasteiger partial charge in [0.2, 0.25) is 11.8 Å². The lowest BCUT2D eigenvalue weighted by molar-refractivity contribution is -0.124. The van der Waals surface area contributed by atoms with Crippen LogP contribution in [0.3, 0.4) is 0 Å². The average Bonchev–Trinajstić information content (AvgIpc) is 3.44. The van der Waals surface area contributed by atoms with Crippen molar-refractivity contribution in [3.05, 3.63) is 53.3 Å². The van der Waals surface area contributed by atoms with Crippen LogP contribution in [-0.2, 0) is 9.59 Å². The monoisotopic (exact) mass is 482 g/mol. The number of benzene rings is 2. The number of hydrogen-bond donors (Lipinski definition) is 0. The van der Waals surface area contributed by atoms with E-state index >= 15 is 0 Å². The molecule has 8 heteroatoms. The van der Waals surface area contributed by atoms with E-state index in [-0.39, 0.29) is 30.6 Å². The number of fused-ring (bicyclic) bond motifs is 1. The SMILES string of the molecule is CCN(CC)CCN(C(=O)C1CC(=O)N(c2ccc(F)cc2)C1)c1nc2c(C)c(C)ccc2s1. The van der Waals surface area contributed by atoms with Gasteiger partial charge >= 0.3 is 0 Å². The van der Waals surface area contributed by atoms with Crippen molar-refractivity contribution in [2.45, 2.75) is 34.1 Å². The molecule has 2 amide bonds. The van der Waals surface area contributed by atoms with Gasteiger partial charge < -0.3 is 9.80 Å². The zero-order valence-corrected chi connectivity index (χ0v) is 21.0. The summed E-state index contributed by atoms with van der Waals surface area (Å²) in [6, 6.07) is 9.96. The van der Waals surface area contributed by atoms with Crippen molar-refractivity contribution < 1.29 is 14.0 Å². The minimum atomic E-state index is -0.468. The molecule has 3 aromatic rings. The molecule has 2 aromatic carbocycles. The third kappa shape index (κ3) is 4.83. The van der Waals surface area contributed by atoms with Crippen LogP contribution in [0.5, 0.6) is 0 Å². The van der Waals surface area contributed by atoms with Crippen LogP contribution in [0.4, 0.5) is 15.2 Å². The summed E-state index contributed by atoms with van der Waals surface area (Å²) >= 11 is 1.52. The third-order valence-corrected chi connectivity index (χ3v) is 7.76. The van der Waals surface area contributed by atoms with Crippen LogP contribution in [0.2, 0.25) is 0 Å². The highest BCUT2D eigenvalue weighted by molar-refractivity contribution is 7.22. The van der Waals surface area contributed by atoms with Gasteiger partial charge in [0.25, 0.3) is 0 Å². The van der Waals surface area contributed by atoms with Crippen LogP contribution in [0.25, 0.3) is 10.2 Å². The summed E-state index contributed by atoms with van der Waals surface area (Å²) in [5.41, 5.74) is 3.83. The number of rotatable bonds is 8. The van der Waals surface area contributed by atoms with E-state index in [0.29, 0.717) is 17.4 Å². The molecule has 4 rings (SSSR count). The number of amides is 2. The molecule has 34 heavy (non-hydrogen) atoms. The molecule has 6 nitrogen and oxygen atoms in total. The van der Waals surface area contributed by atoms with Gasteiger partial charge in [0.1, 0.15) is 5.82 Å². The molecule has 1 unspecified atom stereocenters. The van der Waals surface area contributed by atoms with Gasteiger partial charge in [-0.05, 0) is 68.4 Å². The first-order chi connectivity index (χ1) is 16.3. The molecule has 1 aromatic heterocycles. The molecular weight excluding hydrogens is 451 g/mol. The van der Waals surface area contributed by atoms with E-state index in [4.69, 9.17) is 4.98 Å². The zero-order valence-electron chi connectivity index (χ0n) is 20.2. The first-order valence-corrected chi connectivity index (χ1v) is 12.6. The number of aromatic nitrogens is 1. The van der Waals surface area contributed by atoms with Gasteiger partial charge in [0.05, 0.1) is 16.1 Å². The maximum Gasteiger partial charge on any atom is 0.234 e. The molecule has 0 aliphatic carbocycles. The van der Waals surface area contributed by atoms with Gasteiger partial charge in [-0.25, -0.2) is 9.37 Å². The van der Waals surface area contributed by atoms with Gasteiger partial charge in [-0.3, -0.25) is 14.5 Å². The quantitative estimate of drug-likeness (QED) is 0.464. The maximum absolute atomic E-state index is 13.8. The Labute approximate surface area is 204 Å². The summed E-state index contributed by atoms with van der Waals surface area (Å²) < 4.78 is 14.4. The largest absolute Gasteiger partial charge is 0.312 e. The van der Waals surface area contributed by atoms with Gasteiger partial charge in [-0.15, -0.1) is 0 Å². The number of aryl methyl sites for hydroxylation is 2. The van der Waals surface area contributed by atoms with Crippen LogP contribution in [0.1, 0.15) is 31.4 Å². The Balaban J connectivity index is 1.62. The number of carbonyl (C=O) groups is 2. The second-order valence-corrected chi connectivity index (χ2v) is 9.76. The van der Waals surface area contributed by atoms with Crippen molar-refractivity contribution in [3.8, 4) is 0 Å². The molecule has 180 valence electrons. The second kappa shape index (κ2) is 10.2. The molecule has 1 fully saturated rings. The molecule has 0 spiro atoms. The second-order valence-electron chi connectivity index (χ2n) is 8.75. The zero-order chi connectivity index (χ0) is 24.4. The summed E-state index contributed by atoms with van der Waals surface area (Å²) in [5, 5.41) is 0.675. The first-order valence-electron chi connectivity index (χ1n) is 11.8. The molecule has 1 saturated heterocycles. The van der Waals surface area contributed by atoms with Crippen LogP contribution in [0, 0.1) is 25.6 Å². The van der Waals surface area contributed by atoms with Gasteiger partial charge in [0.15, 0.2) is 5.13 Å². The number of thiazole rings is 1. The van der Waals surface area contributed by atoms with Crippen molar-refractivity contribution in [1.82, 2.24) is 9.88 Å². The molecule has 2 heterocycles. The summed E-state index contributed by atoms with van der Waals surface area (Å²) in [5.74, 6) is -1.03. The van der Waals surface area contributed by atoms with Crippen LogP contribution in [-0.4, -0.2) is 54.4 Å². The first kappa shape index (κ1) is 24.3. The standard InChI is InChI=1S/C26H31FN4O2S/c1-5-29(6-2)13-14-30(26-28-24-18(4)17(3)7-12-22(24)34-26)25(33)19-15-23(32)31(16-19)21-10-8-20(27)9-11-21/h7-12,19H,5-6,13-16H2,1-4H3. The number of halogens is 1. The van der Waals surface area contributed by atoms with E-state index in [1.807, 2.05) is 0 Å². The smallest absolute Gasteiger partial charge is 0.234 e. The van der Waals surface area contributed by atoms with Crippen molar-refractivity contribution >= 4 is 44.2 Å². The number of hydrogen-bond acceptors (Lipinski definition) is 5. The lowest BCUT2D eigenvalue weighted by Gasteiger charge is -2.26. The number of anilines is 2. The molecule has 1 aliphatic heterocycles. The lowest BCUT2D eigenvalue weighted by Crippen LogP contribution is -2.42. The minimum absolute atomic E-state index is 0.0847. The fourth-order valence-electron chi connectivity index (χ4n) is 4.38. The Morgan fingerprint density at radius 2 is 1.82 bits per heavy atom. The molecule has 1 atom stereocenters. The highest BCUT2D eigenvalue weighted by Crippen LogP contribution is 2.34. The van der Waals surface area contributed by atoms with Gasteiger partial charge in [0, 0.05) is 31.7 Å². The van der Waals surface area contributed by atoms with E-state index < -0.39 is 5.92 Å². The Kier molecular flexibility index (Phi) is 7.28. The van der Waals surface area contributed by atoms with E-state index in [1.165, 1.54) is 29.0 Å². The van der Waals surface area contributed by atoms with E-state index in [1.54, 1.807) is 21.9 Å². The Morgan fingerprint density at radius 1 is 1.12 bits per heavy atom. The van der Waals surface area contributed by atoms with Crippen LogP contribution < -0.4 is 9.80 Å². The lowest BCUT2D eigenvalue weighted by atomic mass is 10.1. The molecule has 0 bridgehead atoms. The molecule has 0 N–H and O–H groups in total. The molecule has 0 radical (unpaired) electrons. The Morgan fingerprint density at radius 3 is 2.50 bits per heavy atom. The molecular formula is C26H31FN4O2S. The average molecular weight is 483 g/mol. The number of carbonyl (C=O) groups excluding carboxylic acids is 2. The highest BCUT2D eigenvalue weighted by atomic mass is 32.1. The number of nitrogens with zero attached hydrogens (tertiary/aromatic N) is 4. The van der Waals surface area contributed by atoms with Crippen LogP contribution >= 0.6 is 11.3 Å². The fourth-order valence-corrected chi connectivity index (χ4v) is 5.43. The summed E-state index contributed by atoms with van der Waals surface area (Å²) in [6.07, 6.45) is 0.140. The summed E-state index contributed by atoms with van der Waals surface area (Å²) in [6.45, 7) is 11.7. The van der Waals surface area contributed by atoms with Crippen LogP contribution in [0.15, 0.2) is 36.4 Å². The Bertz CT molecular complexity index is 1190. The fraction of sp³-hybridized carbons (Fsp3) is 0.423. The summed E-state index contributed by atoms with van der Waals surface area (Å²) in [7, 11) is 0. The van der Waals surface area contributed by atoms with E-state index in [9.17, 15) is 14.0 Å². The van der Waals surface area contributed by atoms with Gasteiger partial charge in [-0.1, -0.05) is 31.3 Å². The predicted octanol–water partition coefficient (Wildman–Crippen LogP) is 4.78.